The first-order valence-electron chi connectivity index (χ1n) is 5.29. The molecule has 1 amide bonds. The highest BCUT2D eigenvalue weighted by molar-refractivity contribution is 5.92. The number of pyridine rings is 1. The Bertz CT molecular complexity index is 320. The largest absolute Gasteiger partial charge is 0.346 e. The van der Waals surface area contributed by atoms with Crippen LogP contribution in [0.3, 0.4) is 0 Å². The number of hydrogen-bond acceptors (Lipinski definition) is 2. The van der Waals surface area contributed by atoms with E-state index in [9.17, 15) is 4.79 Å². The molecule has 1 aromatic heterocycles. The molecular weight excluding hydrogens is 188 g/mol. The standard InChI is InChI=1S/C12H18N2O/c1-4-8-12(2,3)14-11(15)10-7-5-6-9-13-10/h5-7,9H,4,8H2,1-3H3,(H,14,15). The molecule has 1 aromatic rings. The molecule has 0 bridgehead atoms. The van der Waals surface area contributed by atoms with Gasteiger partial charge in [-0.3, -0.25) is 9.78 Å². The Morgan fingerprint density at radius 3 is 2.73 bits per heavy atom. The molecule has 0 atom stereocenters. The molecule has 3 nitrogen and oxygen atoms in total. The van der Waals surface area contributed by atoms with Gasteiger partial charge in [0.1, 0.15) is 5.69 Å². The lowest BCUT2D eigenvalue weighted by Crippen LogP contribution is -2.43. The van der Waals surface area contributed by atoms with Crippen LogP contribution in [0.2, 0.25) is 0 Å². The minimum Gasteiger partial charge on any atom is -0.346 e. The van der Waals surface area contributed by atoms with Crippen LogP contribution >= 0.6 is 0 Å². The van der Waals surface area contributed by atoms with Crippen molar-refractivity contribution in [1.29, 1.82) is 0 Å². The van der Waals surface area contributed by atoms with E-state index in [-0.39, 0.29) is 11.4 Å². The SMILES string of the molecule is CCCC(C)(C)NC(=O)c1ccccn1. The van der Waals surface area contributed by atoms with Gasteiger partial charge in [0.25, 0.3) is 5.91 Å². The Morgan fingerprint density at radius 1 is 1.47 bits per heavy atom. The van der Waals surface area contributed by atoms with Crippen LogP contribution in [0.4, 0.5) is 0 Å². The maximum Gasteiger partial charge on any atom is 0.270 e. The lowest BCUT2D eigenvalue weighted by atomic mass is 9.99. The lowest BCUT2D eigenvalue weighted by Gasteiger charge is -2.25. The van der Waals surface area contributed by atoms with Crippen LogP contribution < -0.4 is 5.32 Å². The first-order chi connectivity index (χ1) is 7.05. The predicted octanol–water partition coefficient (Wildman–Crippen LogP) is 2.39. The summed E-state index contributed by atoms with van der Waals surface area (Å²) in [6.45, 7) is 6.16. The van der Waals surface area contributed by atoms with E-state index in [1.54, 1.807) is 18.3 Å². The van der Waals surface area contributed by atoms with E-state index in [2.05, 4.69) is 17.2 Å². The van der Waals surface area contributed by atoms with Crippen LogP contribution in [0.1, 0.15) is 44.1 Å². The minimum atomic E-state index is -0.163. The van der Waals surface area contributed by atoms with Crippen LogP contribution in [0.25, 0.3) is 0 Å². The molecule has 0 aliphatic heterocycles. The van der Waals surface area contributed by atoms with E-state index in [1.165, 1.54) is 0 Å². The third kappa shape index (κ3) is 3.70. The average molecular weight is 206 g/mol. The third-order valence-electron chi connectivity index (χ3n) is 2.22. The Balaban J connectivity index is 2.64. The zero-order chi connectivity index (χ0) is 11.3. The molecule has 1 N–H and O–H groups in total. The van der Waals surface area contributed by atoms with Crippen molar-refractivity contribution in [1.82, 2.24) is 10.3 Å². The van der Waals surface area contributed by atoms with Crippen molar-refractivity contribution in [2.45, 2.75) is 39.2 Å². The molecular formula is C12H18N2O. The summed E-state index contributed by atoms with van der Waals surface area (Å²) in [5.41, 5.74) is 0.310. The normalized spacial score (nSPS) is 11.1. The van der Waals surface area contributed by atoms with Crippen LogP contribution in [0, 0.1) is 0 Å². The van der Waals surface area contributed by atoms with Gasteiger partial charge in [-0.15, -0.1) is 0 Å². The summed E-state index contributed by atoms with van der Waals surface area (Å²) in [4.78, 5) is 15.8. The number of nitrogens with one attached hydrogen (secondary N) is 1. The molecule has 0 aliphatic rings. The van der Waals surface area contributed by atoms with Crippen molar-refractivity contribution < 1.29 is 4.79 Å². The van der Waals surface area contributed by atoms with E-state index < -0.39 is 0 Å². The summed E-state index contributed by atoms with van der Waals surface area (Å²) in [5.74, 6) is -0.103. The predicted molar refractivity (Wildman–Crippen MR) is 60.7 cm³/mol. The van der Waals surface area contributed by atoms with Gasteiger partial charge in [0, 0.05) is 11.7 Å². The molecule has 0 saturated heterocycles. The molecule has 82 valence electrons. The van der Waals surface area contributed by atoms with E-state index in [1.807, 2.05) is 19.9 Å². The topological polar surface area (TPSA) is 42.0 Å². The van der Waals surface area contributed by atoms with Gasteiger partial charge < -0.3 is 5.32 Å². The molecule has 0 spiro atoms. The zero-order valence-electron chi connectivity index (χ0n) is 9.58. The minimum absolute atomic E-state index is 0.103. The van der Waals surface area contributed by atoms with Crippen LogP contribution in [0.15, 0.2) is 24.4 Å². The fourth-order valence-electron chi connectivity index (χ4n) is 1.56. The molecule has 3 heteroatoms. The number of carbonyl (C=O) groups excluding carboxylic acids is 1. The molecule has 0 radical (unpaired) electrons. The van der Waals surface area contributed by atoms with Crippen molar-refractivity contribution in [3.8, 4) is 0 Å². The summed E-state index contributed by atoms with van der Waals surface area (Å²) < 4.78 is 0. The van der Waals surface area contributed by atoms with Gasteiger partial charge in [0.15, 0.2) is 0 Å². The van der Waals surface area contributed by atoms with Crippen molar-refractivity contribution in [3.63, 3.8) is 0 Å². The molecule has 0 fully saturated rings. The number of nitrogens with zero attached hydrogens (tertiary/aromatic N) is 1. The zero-order valence-corrected chi connectivity index (χ0v) is 9.58. The quantitative estimate of drug-likeness (QED) is 0.821. The van der Waals surface area contributed by atoms with Crippen LogP contribution in [-0.4, -0.2) is 16.4 Å². The highest BCUT2D eigenvalue weighted by Gasteiger charge is 2.20. The summed E-state index contributed by atoms with van der Waals surface area (Å²) in [6, 6.07) is 5.33. The highest BCUT2D eigenvalue weighted by atomic mass is 16.2. The second kappa shape index (κ2) is 4.91. The molecule has 0 aromatic carbocycles. The summed E-state index contributed by atoms with van der Waals surface area (Å²) in [5, 5.41) is 2.97. The van der Waals surface area contributed by atoms with Gasteiger partial charge in [-0.1, -0.05) is 19.4 Å². The number of amides is 1. The van der Waals surface area contributed by atoms with Crippen LogP contribution in [0.5, 0.6) is 0 Å². The summed E-state index contributed by atoms with van der Waals surface area (Å²) in [7, 11) is 0. The van der Waals surface area contributed by atoms with Gasteiger partial charge in [-0.05, 0) is 32.4 Å². The monoisotopic (exact) mass is 206 g/mol. The Kier molecular flexibility index (Phi) is 3.83. The van der Waals surface area contributed by atoms with Crippen LogP contribution in [-0.2, 0) is 0 Å². The second-order valence-electron chi connectivity index (χ2n) is 4.30. The Hall–Kier alpha value is -1.38. The van der Waals surface area contributed by atoms with E-state index in [0.717, 1.165) is 12.8 Å². The van der Waals surface area contributed by atoms with Gasteiger partial charge in [-0.25, -0.2) is 0 Å². The van der Waals surface area contributed by atoms with Gasteiger partial charge in [0.2, 0.25) is 0 Å². The summed E-state index contributed by atoms with van der Waals surface area (Å²) >= 11 is 0. The van der Waals surface area contributed by atoms with E-state index >= 15 is 0 Å². The van der Waals surface area contributed by atoms with Crippen molar-refractivity contribution in [3.05, 3.63) is 30.1 Å². The maximum absolute atomic E-state index is 11.8. The number of carbonyl (C=O) groups is 1. The molecule has 0 unspecified atom stereocenters. The fraction of sp³-hybridized carbons (Fsp3) is 0.500. The number of hydrogen-bond donors (Lipinski definition) is 1. The Labute approximate surface area is 90.9 Å². The number of aromatic nitrogens is 1. The second-order valence-corrected chi connectivity index (χ2v) is 4.30. The van der Waals surface area contributed by atoms with E-state index in [0.29, 0.717) is 5.69 Å². The molecule has 1 heterocycles. The van der Waals surface area contributed by atoms with Gasteiger partial charge in [0.05, 0.1) is 0 Å². The van der Waals surface area contributed by atoms with Gasteiger partial charge >= 0.3 is 0 Å². The molecule has 1 rings (SSSR count). The smallest absolute Gasteiger partial charge is 0.270 e. The highest BCUT2D eigenvalue weighted by Crippen LogP contribution is 2.11. The number of rotatable bonds is 4. The van der Waals surface area contributed by atoms with Crippen molar-refractivity contribution in [2.24, 2.45) is 0 Å². The van der Waals surface area contributed by atoms with Crippen molar-refractivity contribution in [2.75, 3.05) is 0 Å². The average Bonchev–Trinajstić information content (AvgIpc) is 2.18. The first kappa shape index (κ1) is 11.7. The van der Waals surface area contributed by atoms with Gasteiger partial charge in [-0.2, -0.15) is 0 Å². The van der Waals surface area contributed by atoms with E-state index in [4.69, 9.17) is 0 Å². The Morgan fingerprint density at radius 2 is 2.20 bits per heavy atom. The fourth-order valence-corrected chi connectivity index (χ4v) is 1.56. The molecule has 0 aliphatic carbocycles. The van der Waals surface area contributed by atoms with Crippen molar-refractivity contribution >= 4 is 5.91 Å². The molecule has 15 heavy (non-hydrogen) atoms. The summed E-state index contributed by atoms with van der Waals surface area (Å²) in [6.07, 6.45) is 3.64. The first-order valence-corrected chi connectivity index (χ1v) is 5.29. The maximum atomic E-state index is 11.8. The molecule has 0 saturated carbocycles. The lowest BCUT2D eigenvalue weighted by molar-refractivity contribution is 0.0904. The third-order valence-corrected chi connectivity index (χ3v) is 2.22.